The van der Waals surface area contributed by atoms with Gasteiger partial charge in [-0.25, -0.2) is 18.7 Å². The molecule has 0 aliphatic rings. The summed E-state index contributed by atoms with van der Waals surface area (Å²) in [5, 5.41) is 0.841. The van der Waals surface area contributed by atoms with Crippen LogP contribution in [0, 0.1) is 11.6 Å². The number of aromatic nitrogens is 3. The molecule has 0 aliphatic heterocycles. The zero-order valence-corrected chi connectivity index (χ0v) is 15.1. The van der Waals surface area contributed by atoms with Crippen LogP contribution < -0.4 is 10.5 Å². The van der Waals surface area contributed by atoms with Crippen molar-refractivity contribution < 1.29 is 8.78 Å². The molecule has 4 rings (SSSR count). The minimum atomic E-state index is -1.10. The molecule has 0 bridgehead atoms. The van der Waals surface area contributed by atoms with Crippen molar-refractivity contribution in [2.24, 2.45) is 0 Å². The second kappa shape index (κ2) is 7.36. The molecule has 0 radical (unpaired) electrons. The molecule has 0 unspecified atom stereocenters. The fourth-order valence-corrected chi connectivity index (χ4v) is 3.24. The van der Waals surface area contributed by atoms with Gasteiger partial charge in [-0.15, -0.1) is 0 Å². The molecule has 1 N–H and O–H groups in total. The maximum atomic E-state index is 14.2. The van der Waals surface area contributed by atoms with Gasteiger partial charge in [-0.2, -0.15) is 0 Å². The minimum absolute atomic E-state index is 0.124. The van der Waals surface area contributed by atoms with Gasteiger partial charge in [0.25, 0.3) is 0 Å². The maximum Gasteiger partial charge on any atom is 0.248 e. The van der Waals surface area contributed by atoms with Gasteiger partial charge >= 0.3 is 0 Å². The first-order chi connectivity index (χ1) is 13.5. The summed E-state index contributed by atoms with van der Waals surface area (Å²) in [4.78, 5) is 24.7. The molecule has 0 aliphatic carbocycles. The van der Waals surface area contributed by atoms with E-state index >= 15 is 0 Å². The summed E-state index contributed by atoms with van der Waals surface area (Å²) in [6, 6.07) is 12.6. The van der Waals surface area contributed by atoms with Gasteiger partial charge in [0.15, 0.2) is 11.6 Å². The number of pyridine rings is 1. The molecular formula is C20H13ClF2N4O. The van der Waals surface area contributed by atoms with Crippen molar-refractivity contribution >= 4 is 34.1 Å². The predicted octanol–water partition coefficient (Wildman–Crippen LogP) is 4.59. The number of nitrogens with zero attached hydrogens (tertiary/aromatic N) is 3. The highest BCUT2D eigenvalue weighted by Gasteiger charge is 2.19. The third-order valence-electron chi connectivity index (χ3n) is 4.26. The van der Waals surface area contributed by atoms with E-state index in [0.29, 0.717) is 27.6 Å². The number of halogens is 3. The molecule has 0 fully saturated rings. The standard InChI is InChI=1S/C20H13ClF2N4O/c21-14-4-1-2-5-16(14)27(20-24-8-3-9-25-20)11-12-10-17(28)26-19-13(12)6-7-15(22)18(19)23/h1-10H,11H2,(H,26,28). The quantitative estimate of drug-likeness (QED) is 0.546. The maximum absolute atomic E-state index is 14.2. The van der Waals surface area contributed by atoms with Crippen molar-refractivity contribution in [3.05, 3.63) is 93.5 Å². The molecule has 8 heteroatoms. The third-order valence-corrected chi connectivity index (χ3v) is 4.58. The summed E-state index contributed by atoms with van der Waals surface area (Å²) >= 11 is 6.36. The van der Waals surface area contributed by atoms with E-state index in [2.05, 4.69) is 15.0 Å². The summed E-state index contributed by atoms with van der Waals surface area (Å²) in [5.74, 6) is -1.78. The van der Waals surface area contributed by atoms with Gasteiger partial charge in [0.2, 0.25) is 11.5 Å². The van der Waals surface area contributed by atoms with E-state index < -0.39 is 17.2 Å². The van der Waals surface area contributed by atoms with Crippen LogP contribution in [0.15, 0.2) is 65.7 Å². The number of aromatic amines is 1. The van der Waals surface area contributed by atoms with Crippen LogP contribution in [-0.2, 0) is 6.54 Å². The van der Waals surface area contributed by atoms with Crippen LogP contribution in [0.2, 0.25) is 5.02 Å². The molecule has 140 valence electrons. The third kappa shape index (κ3) is 3.32. The number of nitrogens with one attached hydrogen (secondary N) is 1. The SMILES string of the molecule is O=c1cc(CN(c2ncccn2)c2ccccc2Cl)c2ccc(F)c(F)c2[nH]1. The van der Waals surface area contributed by atoms with E-state index in [4.69, 9.17) is 11.6 Å². The Hall–Kier alpha value is -3.32. The average Bonchev–Trinajstić information content (AvgIpc) is 2.70. The first-order valence-electron chi connectivity index (χ1n) is 8.33. The van der Waals surface area contributed by atoms with Crippen LogP contribution in [-0.4, -0.2) is 15.0 Å². The van der Waals surface area contributed by atoms with Crippen molar-refractivity contribution in [3.8, 4) is 0 Å². The summed E-state index contributed by atoms with van der Waals surface area (Å²) in [7, 11) is 0. The fourth-order valence-electron chi connectivity index (χ4n) is 3.00. The second-order valence-corrected chi connectivity index (χ2v) is 6.44. The van der Waals surface area contributed by atoms with Crippen LogP contribution in [0.1, 0.15) is 5.56 Å². The molecule has 2 aromatic carbocycles. The second-order valence-electron chi connectivity index (χ2n) is 6.03. The minimum Gasteiger partial charge on any atom is -0.319 e. The largest absolute Gasteiger partial charge is 0.319 e. The van der Waals surface area contributed by atoms with Crippen LogP contribution in [0.25, 0.3) is 10.9 Å². The van der Waals surface area contributed by atoms with Gasteiger partial charge in [0.05, 0.1) is 22.8 Å². The molecule has 2 heterocycles. The van der Waals surface area contributed by atoms with Crippen molar-refractivity contribution in [2.45, 2.75) is 6.54 Å². The summed E-state index contributed by atoms with van der Waals surface area (Å²) in [6.45, 7) is 0.124. The first-order valence-corrected chi connectivity index (χ1v) is 8.71. The van der Waals surface area contributed by atoms with E-state index in [1.807, 2.05) is 6.07 Å². The smallest absolute Gasteiger partial charge is 0.248 e. The molecule has 28 heavy (non-hydrogen) atoms. The van der Waals surface area contributed by atoms with Gasteiger partial charge in [-0.3, -0.25) is 4.79 Å². The van der Waals surface area contributed by atoms with Gasteiger partial charge in [-0.05, 0) is 35.9 Å². The Morgan fingerprint density at radius 1 is 1.04 bits per heavy atom. The zero-order valence-electron chi connectivity index (χ0n) is 14.4. The Labute approximate surface area is 163 Å². The van der Waals surface area contributed by atoms with Gasteiger partial charge in [-0.1, -0.05) is 23.7 Å². The summed E-state index contributed by atoms with van der Waals surface area (Å²) < 4.78 is 27.8. The topological polar surface area (TPSA) is 61.9 Å². The van der Waals surface area contributed by atoms with E-state index in [9.17, 15) is 13.6 Å². The monoisotopic (exact) mass is 398 g/mol. The highest BCUT2D eigenvalue weighted by molar-refractivity contribution is 6.33. The zero-order chi connectivity index (χ0) is 19.7. The molecule has 2 aromatic heterocycles. The van der Waals surface area contributed by atoms with Crippen LogP contribution in [0.3, 0.4) is 0 Å². The number of anilines is 2. The van der Waals surface area contributed by atoms with Crippen molar-refractivity contribution in [1.82, 2.24) is 15.0 Å². The molecule has 0 saturated carbocycles. The Balaban J connectivity index is 1.90. The predicted molar refractivity (Wildman–Crippen MR) is 104 cm³/mol. The number of rotatable bonds is 4. The van der Waals surface area contributed by atoms with E-state index in [0.717, 1.165) is 6.07 Å². The molecule has 5 nitrogen and oxygen atoms in total. The molecule has 0 atom stereocenters. The highest BCUT2D eigenvalue weighted by atomic mass is 35.5. The number of para-hydroxylation sites is 1. The summed E-state index contributed by atoms with van der Waals surface area (Å²) in [5.41, 5.74) is 0.368. The molecule has 0 saturated heterocycles. The molecule has 0 amide bonds. The lowest BCUT2D eigenvalue weighted by Gasteiger charge is -2.24. The van der Waals surface area contributed by atoms with Crippen molar-refractivity contribution in [3.63, 3.8) is 0 Å². The van der Waals surface area contributed by atoms with Gasteiger partial charge in [0, 0.05) is 23.8 Å². The van der Waals surface area contributed by atoms with E-state index in [-0.39, 0.29) is 12.1 Å². The van der Waals surface area contributed by atoms with Crippen LogP contribution >= 0.6 is 11.6 Å². The molecule has 4 aromatic rings. The Kier molecular flexibility index (Phi) is 4.75. The lowest BCUT2D eigenvalue weighted by Crippen LogP contribution is -2.21. The molecular weight excluding hydrogens is 386 g/mol. The average molecular weight is 399 g/mol. The van der Waals surface area contributed by atoms with Crippen LogP contribution in [0.4, 0.5) is 20.4 Å². The van der Waals surface area contributed by atoms with E-state index in [1.54, 1.807) is 41.6 Å². The first kappa shape index (κ1) is 18.1. The molecule has 0 spiro atoms. The van der Waals surface area contributed by atoms with Crippen molar-refractivity contribution in [2.75, 3.05) is 4.90 Å². The number of hydrogen-bond acceptors (Lipinski definition) is 4. The summed E-state index contributed by atoms with van der Waals surface area (Å²) in [6.07, 6.45) is 3.16. The van der Waals surface area contributed by atoms with Gasteiger partial charge < -0.3 is 9.88 Å². The van der Waals surface area contributed by atoms with E-state index in [1.165, 1.54) is 12.1 Å². The van der Waals surface area contributed by atoms with Gasteiger partial charge in [0.1, 0.15) is 0 Å². The lowest BCUT2D eigenvalue weighted by molar-refractivity contribution is 0.515. The number of H-pyrrole nitrogens is 1. The lowest BCUT2D eigenvalue weighted by atomic mass is 10.1. The van der Waals surface area contributed by atoms with Crippen LogP contribution in [0.5, 0.6) is 0 Å². The van der Waals surface area contributed by atoms with Crippen molar-refractivity contribution in [1.29, 1.82) is 0 Å². The Morgan fingerprint density at radius 3 is 2.54 bits per heavy atom. The number of fused-ring (bicyclic) bond motifs is 1. The number of benzene rings is 2. The Morgan fingerprint density at radius 2 is 1.79 bits per heavy atom. The highest BCUT2D eigenvalue weighted by Crippen LogP contribution is 2.32. The Bertz CT molecular complexity index is 1210. The normalized spacial score (nSPS) is 11.0. The number of hydrogen-bond donors (Lipinski definition) is 1. The fraction of sp³-hybridized carbons (Fsp3) is 0.0500.